The van der Waals surface area contributed by atoms with Crippen molar-refractivity contribution in [1.29, 1.82) is 0 Å². The molecule has 0 rings (SSSR count). The monoisotopic (exact) mass is 440 g/mol. The molecule has 2 N–H and O–H groups in total. The summed E-state index contributed by atoms with van der Waals surface area (Å²) < 4.78 is 5.65. The van der Waals surface area contributed by atoms with Gasteiger partial charge in [0.15, 0.2) is 5.78 Å². The van der Waals surface area contributed by atoms with Crippen molar-refractivity contribution in [1.82, 2.24) is 10.6 Å². The molecule has 1 amide bonds. The van der Waals surface area contributed by atoms with Gasteiger partial charge in [0.05, 0.1) is 11.6 Å². The Hall–Kier alpha value is -0.940. The number of carbonyl (C=O) groups excluding carboxylic acids is 2. The zero-order valence-corrected chi connectivity index (χ0v) is 22.1. The fourth-order valence-corrected chi connectivity index (χ4v) is 4.35. The zero-order chi connectivity index (χ0) is 24.1. The van der Waals surface area contributed by atoms with E-state index in [0.29, 0.717) is 31.8 Å². The lowest BCUT2D eigenvalue weighted by Gasteiger charge is -2.35. The number of amides is 1. The molecule has 0 saturated heterocycles. The molecule has 0 aromatic rings. The van der Waals surface area contributed by atoms with Gasteiger partial charge in [-0.3, -0.25) is 9.59 Å². The summed E-state index contributed by atoms with van der Waals surface area (Å²) in [5.41, 5.74) is -0.628. The van der Waals surface area contributed by atoms with Gasteiger partial charge in [0.25, 0.3) is 0 Å². The van der Waals surface area contributed by atoms with Gasteiger partial charge >= 0.3 is 0 Å². The Kier molecular flexibility index (Phi) is 13.8. The minimum Gasteiger partial charge on any atom is -0.376 e. The number of unbranched alkanes of at least 4 members (excludes halogenated alkanes) is 1. The molecule has 0 bridgehead atoms. The molecule has 31 heavy (non-hydrogen) atoms. The zero-order valence-electron chi connectivity index (χ0n) is 22.1. The molecule has 0 aromatic carbocycles. The molecule has 0 saturated carbocycles. The fourth-order valence-electron chi connectivity index (χ4n) is 4.35. The molecule has 0 spiro atoms. The van der Waals surface area contributed by atoms with Gasteiger partial charge in [-0.25, -0.2) is 0 Å². The van der Waals surface area contributed by atoms with Gasteiger partial charge in [-0.2, -0.15) is 0 Å². The van der Waals surface area contributed by atoms with Crippen LogP contribution < -0.4 is 10.6 Å². The third-order valence-electron chi connectivity index (χ3n) is 5.85. The second kappa shape index (κ2) is 14.3. The van der Waals surface area contributed by atoms with Gasteiger partial charge in [-0.15, -0.1) is 0 Å². The highest BCUT2D eigenvalue weighted by molar-refractivity contribution is 5.89. The predicted molar refractivity (Wildman–Crippen MR) is 131 cm³/mol. The first-order valence-corrected chi connectivity index (χ1v) is 12.5. The van der Waals surface area contributed by atoms with Crippen molar-refractivity contribution < 1.29 is 14.3 Å². The van der Waals surface area contributed by atoms with Crippen molar-refractivity contribution in [3.63, 3.8) is 0 Å². The second-order valence-corrected chi connectivity index (χ2v) is 10.9. The maximum Gasteiger partial charge on any atom is 0.220 e. The average molecular weight is 441 g/mol. The third kappa shape index (κ3) is 13.3. The highest BCUT2D eigenvalue weighted by atomic mass is 16.5. The van der Waals surface area contributed by atoms with Crippen LogP contribution in [0.2, 0.25) is 0 Å². The van der Waals surface area contributed by atoms with Crippen LogP contribution in [0.1, 0.15) is 120 Å². The van der Waals surface area contributed by atoms with Crippen LogP contribution in [-0.2, 0) is 14.3 Å². The Labute approximate surface area is 192 Å². The maximum absolute atomic E-state index is 13.5. The predicted octanol–water partition coefficient (Wildman–Crippen LogP) is 5.80. The standard InChI is InChI=1S/C26H52N2O3/c1-10-17-26(9,18-11-2)23(30)21(28-24(4,5)6)15-13-14-20-27-22(29)16-19-25(7,8)31-12-3/h21,28H,10-20H2,1-9H3,(H,27,29)/t21-/m0/s1. The summed E-state index contributed by atoms with van der Waals surface area (Å²) in [7, 11) is 0. The van der Waals surface area contributed by atoms with E-state index in [0.717, 1.165) is 44.9 Å². The molecule has 0 aliphatic carbocycles. The number of carbonyl (C=O) groups is 2. The normalized spacial score (nSPS) is 13.8. The van der Waals surface area contributed by atoms with Crippen molar-refractivity contribution in [2.75, 3.05) is 13.2 Å². The minimum atomic E-state index is -0.262. The molecular weight excluding hydrogens is 388 g/mol. The summed E-state index contributed by atoms with van der Waals surface area (Å²) in [6.07, 6.45) is 7.73. The first-order chi connectivity index (χ1) is 14.3. The van der Waals surface area contributed by atoms with Gasteiger partial charge in [0, 0.05) is 30.5 Å². The Bertz CT molecular complexity index is 517. The summed E-state index contributed by atoms with van der Waals surface area (Å²) in [5, 5.41) is 6.60. The van der Waals surface area contributed by atoms with Gasteiger partial charge in [-0.05, 0) is 80.1 Å². The molecule has 0 aliphatic heterocycles. The molecule has 0 unspecified atom stereocenters. The lowest BCUT2D eigenvalue weighted by atomic mass is 9.74. The largest absolute Gasteiger partial charge is 0.376 e. The van der Waals surface area contributed by atoms with Crippen molar-refractivity contribution >= 4 is 11.7 Å². The number of ether oxygens (including phenoxy) is 1. The second-order valence-electron chi connectivity index (χ2n) is 10.9. The lowest BCUT2D eigenvalue weighted by Crippen LogP contribution is -2.52. The summed E-state index contributed by atoms with van der Waals surface area (Å²) in [4.78, 5) is 25.6. The van der Waals surface area contributed by atoms with E-state index in [4.69, 9.17) is 4.74 Å². The Morgan fingerprint density at radius 1 is 0.871 bits per heavy atom. The van der Waals surface area contributed by atoms with E-state index in [1.165, 1.54) is 0 Å². The van der Waals surface area contributed by atoms with E-state index in [9.17, 15) is 9.59 Å². The SMILES string of the molecule is CCCC(C)(CCC)C(=O)[C@H](CCCCNC(=O)CCC(C)(C)OCC)NC(C)(C)C. The number of ketones is 1. The van der Waals surface area contributed by atoms with Crippen molar-refractivity contribution in [3.05, 3.63) is 0 Å². The molecule has 0 aromatic heterocycles. The fraction of sp³-hybridized carbons (Fsp3) is 0.923. The smallest absolute Gasteiger partial charge is 0.220 e. The molecular formula is C26H52N2O3. The molecule has 0 fully saturated rings. The number of hydrogen-bond acceptors (Lipinski definition) is 4. The molecule has 0 aliphatic rings. The van der Waals surface area contributed by atoms with Crippen molar-refractivity contribution in [2.24, 2.45) is 5.41 Å². The summed E-state index contributed by atoms with van der Waals surface area (Å²) in [6.45, 7) is 20.2. The summed E-state index contributed by atoms with van der Waals surface area (Å²) in [6, 6.07) is -0.134. The maximum atomic E-state index is 13.5. The van der Waals surface area contributed by atoms with E-state index < -0.39 is 0 Å². The first-order valence-electron chi connectivity index (χ1n) is 12.5. The highest BCUT2D eigenvalue weighted by Crippen LogP contribution is 2.33. The van der Waals surface area contributed by atoms with E-state index >= 15 is 0 Å². The molecule has 0 radical (unpaired) electrons. The van der Waals surface area contributed by atoms with E-state index in [1.807, 2.05) is 20.8 Å². The van der Waals surface area contributed by atoms with Crippen molar-refractivity contribution in [2.45, 2.75) is 137 Å². The van der Waals surface area contributed by atoms with E-state index in [2.05, 4.69) is 52.2 Å². The van der Waals surface area contributed by atoms with Crippen LogP contribution in [0.5, 0.6) is 0 Å². The van der Waals surface area contributed by atoms with Crippen LogP contribution in [0, 0.1) is 5.41 Å². The van der Waals surface area contributed by atoms with Crippen LogP contribution in [0.4, 0.5) is 0 Å². The van der Waals surface area contributed by atoms with Crippen molar-refractivity contribution in [3.8, 4) is 0 Å². The Morgan fingerprint density at radius 3 is 1.94 bits per heavy atom. The van der Waals surface area contributed by atoms with Gasteiger partial charge in [-0.1, -0.05) is 33.6 Å². The molecule has 5 heteroatoms. The number of rotatable bonds is 17. The van der Waals surface area contributed by atoms with Gasteiger partial charge < -0.3 is 15.4 Å². The quantitative estimate of drug-likeness (QED) is 0.280. The lowest BCUT2D eigenvalue weighted by molar-refractivity contribution is -0.131. The Balaban J connectivity index is 4.66. The van der Waals surface area contributed by atoms with Crippen LogP contribution >= 0.6 is 0 Å². The van der Waals surface area contributed by atoms with E-state index in [1.54, 1.807) is 0 Å². The average Bonchev–Trinajstić information content (AvgIpc) is 2.64. The molecule has 5 nitrogen and oxygen atoms in total. The summed E-state index contributed by atoms with van der Waals surface area (Å²) >= 11 is 0. The Morgan fingerprint density at radius 2 is 1.45 bits per heavy atom. The van der Waals surface area contributed by atoms with Crippen LogP contribution in [0.25, 0.3) is 0 Å². The number of hydrogen-bond donors (Lipinski definition) is 2. The molecule has 184 valence electrons. The number of Topliss-reactive ketones (excluding diaryl/α,β-unsaturated/α-hetero) is 1. The molecule has 1 atom stereocenters. The summed E-state index contributed by atoms with van der Waals surface area (Å²) in [5.74, 6) is 0.431. The van der Waals surface area contributed by atoms with Crippen LogP contribution in [0.15, 0.2) is 0 Å². The van der Waals surface area contributed by atoms with E-state index in [-0.39, 0.29) is 28.5 Å². The topological polar surface area (TPSA) is 67.4 Å². The van der Waals surface area contributed by atoms with Crippen LogP contribution in [0.3, 0.4) is 0 Å². The minimum absolute atomic E-state index is 0.0756. The van der Waals surface area contributed by atoms with Crippen LogP contribution in [-0.4, -0.2) is 42.0 Å². The first kappa shape index (κ1) is 30.1. The molecule has 0 heterocycles. The third-order valence-corrected chi connectivity index (χ3v) is 5.85. The number of nitrogens with one attached hydrogen (secondary N) is 2. The highest BCUT2D eigenvalue weighted by Gasteiger charge is 2.37. The van der Waals surface area contributed by atoms with Gasteiger partial charge in [0.1, 0.15) is 0 Å². The van der Waals surface area contributed by atoms with Gasteiger partial charge in [0.2, 0.25) is 5.91 Å².